The smallest absolute Gasteiger partial charge is 0.323 e. The first kappa shape index (κ1) is 16.1. The zero-order valence-electron chi connectivity index (χ0n) is 12.0. The molecule has 0 aliphatic rings. The molecule has 19 heavy (non-hydrogen) atoms. The highest BCUT2D eigenvalue weighted by Gasteiger charge is 2.21. The summed E-state index contributed by atoms with van der Waals surface area (Å²) in [4.78, 5) is 15.9. The van der Waals surface area contributed by atoms with Gasteiger partial charge in [-0.3, -0.25) is 4.79 Å². The van der Waals surface area contributed by atoms with Gasteiger partial charge in [-0.05, 0) is 12.8 Å². The lowest BCUT2D eigenvalue weighted by Gasteiger charge is -2.19. The van der Waals surface area contributed by atoms with E-state index >= 15 is 0 Å². The van der Waals surface area contributed by atoms with Crippen molar-refractivity contribution in [3.8, 4) is 0 Å². The summed E-state index contributed by atoms with van der Waals surface area (Å²) in [6, 6.07) is -0.242. The van der Waals surface area contributed by atoms with Gasteiger partial charge < -0.3 is 15.4 Å². The van der Waals surface area contributed by atoms with E-state index in [0.717, 1.165) is 30.3 Å². The molecule has 0 radical (unpaired) electrons. The molecule has 0 amide bonds. The minimum atomic E-state index is -0.242. The third-order valence-corrected chi connectivity index (χ3v) is 3.58. The molecule has 5 nitrogen and oxygen atoms in total. The second-order valence-electron chi connectivity index (χ2n) is 4.73. The molecule has 0 spiro atoms. The summed E-state index contributed by atoms with van der Waals surface area (Å²) in [6.07, 6.45) is 0. The molecule has 0 fully saturated rings. The number of aryl methyl sites for hydroxylation is 1. The van der Waals surface area contributed by atoms with E-state index in [2.05, 4.69) is 21.0 Å². The van der Waals surface area contributed by atoms with E-state index < -0.39 is 0 Å². The quantitative estimate of drug-likeness (QED) is 0.557. The third-order valence-electron chi connectivity index (χ3n) is 2.76. The summed E-state index contributed by atoms with van der Waals surface area (Å²) >= 11 is 1.66. The first-order chi connectivity index (χ1) is 9.04. The Balaban J connectivity index is 2.20. The van der Waals surface area contributed by atoms with E-state index in [0.29, 0.717) is 0 Å². The normalized spacial score (nSPS) is 12.7. The Kier molecular flexibility index (Phi) is 6.97. The minimum Gasteiger partial charge on any atom is -0.468 e. The Morgan fingerprint density at radius 3 is 2.74 bits per heavy atom. The molecule has 1 rings (SSSR count). The maximum Gasteiger partial charge on any atom is 0.323 e. The fourth-order valence-corrected chi connectivity index (χ4v) is 2.35. The minimum absolute atomic E-state index is 0.204. The van der Waals surface area contributed by atoms with E-state index in [1.54, 1.807) is 11.3 Å². The van der Waals surface area contributed by atoms with E-state index in [1.165, 1.54) is 7.11 Å². The first-order valence-corrected chi connectivity index (χ1v) is 7.35. The van der Waals surface area contributed by atoms with Crippen LogP contribution in [0.1, 0.15) is 24.5 Å². The predicted octanol–water partition coefficient (Wildman–Crippen LogP) is 1.33. The Labute approximate surface area is 118 Å². The van der Waals surface area contributed by atoms with Crippen LogP contribution in [0.2, 0.25) is 0 Å². The van der Waals surface area contributed by atoms with Gasteiger partial charge in [-0.2, -0.15) is 0 Å². The lowest BCUT2D eigenvalue weighted by molar-refractivity contribution is -0.144. The molecule has 1 heterocycles. The molecule has 108 valence electrons. The highest BCUT2D eigenvalue weighted by Crippen LogP contribution is 2.07. The molecule has 0 saturated heterocycles. The van der Waals surface area contributed by atoms with Crippen LogP contribution in [0.4, 0.5) is 0 Å². The highest BCUT2D eigenvalue weighted by atomic mass is 32.1. The number of carbonyl (C=O) groups is 1. The van der Waals surface area contributed by atoms with Crippen molar-refractivity contribution in [1.29, 1.82) is 0 Å². The Morgan fingerprint density at radius 2 is 2.21 bits per heavy atom. The molecule has 1 aromatic rings. The molecule has 2 N–H and O–H groups in total. The van der Waals surface area contributed by atoms with Crippen molar-refractivity contribution in [3.63, 3.8) is 0 Å². The van der Waals surface area contributed by atoms with Crippen LogP contribution < -0.4 is 10.6 Å². The maximum absolute atomic E-state index is 11.5. The van der Waals surface area contributed by atoms with Crippen molar-refractivity contribution < 1.29 is 9.53 Å². The van der Waals surface area contributed by atoms with Gasteiger partial charge in [-0.25, -0.2) is 4.98 Å². The molecular weight excluding hydrogens is 262 g/mol. The molecule has 0 aliphatic carbocycles. The fraction of sp³-hybridized carbons (Fsp3) is 0.692. The number of nitrogens with one attached hydrogen (secondary N) is 2. The fourth-order valence-electron chi connectivity index (χ4n) is 1.74. The Hall–Kier alpha value is -0.980. The number of hydrogen-bond donors (Lipinski definition) is 2. The molecule has 0 aliphatic heterocycles. The number of carbonyl (C=O) groups excluding carboxylic acids is 1. The molecule has 0 unspecified atom stereocenters. The molecule has 6 heteroatoms. The number of rotatable bonds is 8. The maximum atomic E-state index is 11.5. The largest absolute Gasteiger partial charge is 0.468 e. The first-order valence-electron chi connectivity index (χ1n) is 6.47. The van der Waals surface area contributed by atoms with Gasteiger partial charge in [-0.15, -0.1) is 11.3 Å². The van der Waals surface area contributed by atoms with Crippen LogP contribution in [-0.4, -0.2) is 37.2 Å². The lowest BCUT2D eigenvalue weighted by Crippen LogP contribution is -2.44. The lowest BCUT2D eigenvalue weighted by atomic mass is 10.1. The van der Waals surface area contributed by atoms with Gasteiger partial charge in [0.05, 0.1) is 17.8 Å². The Bertz CT molecular complexity index is 393. The molecule has 0 saturated carbocycles. The van der Waals surface area contributed by atoms with Crippen molar-refractivity contribution >= 4 is 17.3 Å². The van der Waals surface area contributed by atoms with Crippen molar-refractivity contribution in [3.05, 3.63) is 16.1 Å². The second kappa shape index (κ2) is 8.24. The molecule has 1 atom stereocenters. The van der Waals surface area contributed by atoms with E-state index in [1.807, 2.05) is 20.8 Å². The topological polar surface area (TPSA) is 63.2 Å². The van der Waals surface area contributed by atoms with Crippen LogP contribution in [0.3, 0.4) is 0 Å². The average Bonchev–Trinajstić information content (AvgIpc) is 2.78. The van der Waals surface area contributed by atoms with Gasteiger partial charge in [0.25, 0.3) is 0 Å². The van der Waals surface area contributed by atoms with E-state index in [-0.39, 0.29) is 17.9 Å². The van der Waals surface area contributed by atoms with Crippen LogP contribution in [0.5, 0.6) is 0 Å². The standard InChI is InChI=1S/C13H23N3O2S/c1-9(2)12(13(17)18-4)15-6-5-14-7-11-8-19-10(3)16-11/h8-9,12,14-15H,5-7H2,1-4H3/t12-/m0/s1. The third kappa shape index (κ3) is 5.67. The zero-order valence-corrected chi connectivity index (χ0v) is 12.8. The molecule has 1 aromatic heterocycles. The highest BCUT2D eigenvalue weighted by molar-refractivity contribution is 7.09. The van der Waals surface area contributed by atoms with Crippen LogP contribution in [0.15, 0.2) is 5.38 Å². The van der Waals surface area contributed by atoms with Gasteiger partial charge in [-0.1, -0.05) is 13.8 Å². The molecular formula is C13H23N3O2S. The van der Waals surface area contributed by atoms with Crippen LogP contribution in [-0.2, 0) is 16.1 Å². The van der Waals surface area contributed by atoms with Gasteiger partial charge in [0, 0.05) is 25.0 Å². The summed E-state index contributed by atoms with van der Waals surface area (Å²) in [5.74, 6) is 0.0127. The summed E-state index contributed by atoms with van der Waals surface area (Å²) in [7, 11) is 1.42. The summed E-state index contributed by atoms with van der Waals surface area (Å²) < 4.78 is 4.77. The average molecular weight is 285 g/mol. The Morgan fingerprint density at radius 1 is 1.47 bits per heavy atom. The molecule has 0 aromatic carbocycles. The second-order valence-corrected chi connectivity index (χ2v) is 5.80. The van der Waals surface area contributed by atoms with Crippen LogP contribution in [0, 0.1) is 12.8 Å². The van der Waals surface area contributed by atoms with Gasteiger partial charge in [0.2, 0.25) is 0 Å². The monoisotopic (exact) mass is 285 g/mol. The number of nitrogens with zero attached hydrogens (tertiary/aromatic N) is 1. The number of hydrogen-bond acceptors (Lipinski definition) is 6. The van der Waals surface area contributed by atoms with Gasteiger partial charge in [0.1, 0.15) is 6.04 Å². The van der Waals surface area contributed by atoms with Crippen LogP contribution in [0.25, 0.3) is 0 Å². The number of aromatic nitrogens is 1. The van der Waals surface area contributed by atoms with Crippen LogP contribution >= 0.6 is 11.3 Å². The summed E-state index contributed by atoms with van der Waals surface area (Å²) in [5.41, 5.74) is 1.07. The SMILES string of the molecule is COC(=O)[C@@H](NCCNCc1csc(C)n1)C(C)C. The van der Waals surface area contributed by atoms with Gasteiger partial charge >= 0.3 is 5.97 Å². The predicted molar refractivity (Wildman–Crippen MR) is 77.2 cm³/mol. The summed E-state index contributed by atoms with van der Waals surface area (Å²) in [6.45, 7) is 8.27. The molecule has 0 bridgehead atoms. The van der Waals surface area contributed by atoms with Crippen molar-refractivity contribution in [2.75, 3.05) is 20.2 Å². The number of methoxy groups -OCH3 is 1. The van der Waals surface area contributed by atoms with E-state index in [4.69, 9.17) is 4.74 Å². The number of thiazole rings is 1. The van der Waals surface area contributed by atoms with Crippen molar-refractivity contribution in [2.24, 2.45) is 5.92 Å². The zero-order chi connectivity index (χ0) is 14.3. The van der Waals surface area contributed by atoms with Crippen molar-refractivity contribution in [1.82, 2.24) is 15.6 Å². The van der Waals surface area contributed by atoms with Gasteiger partial charge in [0.15, 0.2) is 0 Å². The van der Waals surface area contributed by atoms with E-state index in [9.17, 15) is 4.79 Å². The number of ether oxygens (including phenoxy) is 1. The number of esters is 1. The summed E-state index contributed by atoms with van der Waals surface area (Å²) in [5, 5.41) is 9.64. The van der Waals surface area contributed by atoms with Crippen molar-refractivity contribution in [2.45, 2.75) is 33.4 Å².